The van der Waals surface area contributed by atoms with Crippen molar-refractivity contribution >= 4 is 5.97 Å². The average Bonchev–Trinajstić information content (AvgIpc) is 3.04. The fourth-order valence-electron chi connectivity index (χ4n) is 2.98. The first kappa shape index (κ1) is 14.5. The van der Waals surface area contributed by atoms with Crippen LogP contribution in [0.4, 0.5) is 0 Å². The number of aromatic nitrogens is 3. The highest BCUT2D eigenvalue weighted by atomic mass is 16.4. The molecule has 2 heterocycles. The van der Waals surface area contributed by atoms with Gasteiger partial charge in [0.25, 0.3) is 0 Å². The number of hydrogen-bond donors (Lipinski definition) is 3. The molecule has 0 aromatic carbocycles. The van der Waals surface area contributed by atoms with Crippen molar-refractivity contribution in [2.45, 2.75) is 24.7 Å². The first-order valence-electron chi connectivity index (χ1n) is 7.25. The van der Waals surface area contributed by atoms with Crippen LogP contribution in [0.15, 0.2) is 35.6 Å². The van der Waals surface area contributed by atoms with Crippen LogP contribution in [0.25, 0.3) is 5.69 Å². The van der Waals surface area contributed by atoms with Crippen molar-refractivity contribution in [2.75, 3.05) is 6.54 Å². The number of nitrogens with two attached hydrogens (primary N) is 1. The van der Waals surface area contributed by atoms with Crippen molar-refractivity contribution in [2.24, 2.45) is 11.7 Å². The third-order valence-electron chi connectivity index (χ3n) is 4.35. The quantitative estimate of drug-likeness (QED) is 0.724. The molecule has 7 heteroatoms. The van der Waals surface area contributed by atoms with E-state index in [0.717, 1.165) is 18.5 Å². The summed E-state index contributed by atoms with van der Waals surface area (Å²) in [6.45, 7) is 0.567. The van der Waals surface area contributed by atoms with Gasteiger partial charge in [0.2, 0.25) is 5.56 Å². The standard InChI is InChI=1S/C15H18N4O3/c16-5-1-2-10-6-15(10,14(21)22)12-8-19(9-18-12)11-3-4-13(20)17-7-11/h3-4,7-10H,1-2,5-6,16H2,(H,17,20)(H,21,22)/t10-,15?/m0/s1. The van der Waals surface area contributed by atoms with E-state index in [1.807, 2.05) is 0 Å². The van der Waals surface area contributed by atoms with Gasteiger partial charge in [-0.1, -0.05) is 0 Å². The molecule has 0 saturated heterocycles. The lowest BCUT2D eigenvalue weighted by molar-refractivity contribution is -0.140. The van der Waals surface area contributed by atoms with E-state index in [-0.39, 0.29) is 11.5 Å². The number of aliphatic carboxylic acids is 1. The summed E-state index contributed by atoms with van der Waals surface area (Å²) in [6, 6.07) is 3.08. The van der Waals surface area contributed by atoms with Gasteiger partial charge in [-0.2, -0.15) is 0 Å². The molecule has 1 aliphatic carbocycles. The Morgan fingerprint density at radius 2 is 2.36 bits per heavy atom. The lowest BCUT2D eigenvalue weighted by Crippen LogP contribution is -2.23. The second-order valence-corrected chi connectivity index (χ2v) is 5.69. The number of aromatic amines is 1. The molecule has 0 bridgehead atoms. The Morgan fingerprint density at radius 3 is 3.00 bits per heavy atom. The Balaban J connectivity index is 1.87. The fourth-order valence-corrected chi connectivity index (χ4v) is 2.98. The Labute approximate surface area is 126 Å². The highest BCUT2D eigenvalue weighted by Crippen LogP contribution is 2.56. The van der Waals surface area contributed by atoms with Gasteiger partial charge in [-0.3, -0.25) is 9.59 Å². The molecule has 0 amide bonds. The number of hydrogen-bond acceptors (Lipinski definition) is 4. The van der Waals surface area contributed by atoms with Crippen LogP contribution in [-0.2, 0) is 10.2 Å². The molecule has 1 unspecified atom stereocenters. The number of carbonyl (C=O) groups is 1. The van der Waals surface area contributed by atoms with Crippen LogP contribution in [-0.4, -0.2) is 32.2 Å². The van der Waals surface area contributed by atoms with Crippen molar-refractivity contribution in [3.05, 3.63) is 46.9 Å². The van der Waals surface area contributed by atoms with Crippen LogP contribution in [0, 0.1) is 5.92 Å². The third-order valence-corrected chi connectivity index (χ3v) is 4.35. The maximum atomic E-state index is 11.7. The zero-order chi connectivity index (χ0) is 15.7. The summed E-state index contributed by atoms with van der Waals surface area (Å²) in [7, 11) is 0. The van der Waals surface area contributed by atoms with Crippen LogP contribution in [0.1, 0.15) is 25.0 Å². The second kappa shape index (κ2) is 5.42. The zero-order valence-corrected chi connectivity index (χ0v) is 12.0. The Bertz CT molecular complexity index is 731. The normalized spacial score (nSPS) is 23.4. The summed E-state index contributed by atoms with van der Waals surface area (Å²) in [5.74, 6) is -0.742. The van der Waals surface area contributed by atoms with Gasteiger partial charge in [-0.05, 0) is 37.8 Å². The number of carboxylic acids is 1. The molecule has 7 nitrogen and oxygen atoms in total. The minimum absolute atomic E-state index is 0.0903. The predicted molar refractivity (Wildman–Crippen MR) is 79.9 cm³/mol. The molecular weight excluding hydrogens is 284 g/mol. The molecule has 3 rings (SSSR count). The number of carboxylic acid groups (broad SMARTS) is 1. The van der Waals surface area contributed by atoms with Crippen molar-refractivity contribution < 1.29 is 9.90 Å². The number of nitrogens with one attached hydrogen (secondary N) is 1. The van der Waals surface area contributed by atoms with E-state index in [4.69, 9.17) is 5.73 Å². The molecule has 0 radical (unpaired) electrons. The molecular formula is C15H18N4O3. The molecule has 2 aromatic rings. The summed E-state index contributed by atoms with van der Waals surface area (Å²) >= 11 is 0. The lowest BCUT2D eigenvalue weighted by atomic mass is 9.98. The average molecular weight is 302 g/mol. The molecule has 2 atom stereocenters. The summed E-state index contributed by atoms with van der Waals surface area (Å²) in [5.41, 5.74) is 5.73. The SMILES string of the molecule is NCCC[C@H]1CC1(C(=O)O)c1cn(-c2ccc(=O)[nH]c2)cn1. The van der Waals surface area contributed by atoms with Crippen molar-refractivity contribution in [3.8, 4) is 5.69 Å². The number of rotatable bonds is 6. The van der Waals surface area contributed by atoms with Gasteiger partial charge in [0.15, 0.2) is 0 Å². The first-order chi connectivity index (χ1) is 10.6. The van der Waals surface area contributed by atoms with Gasteiger partial charge >= 0.3 is 5.97 Å². The molecule has 2 aromatic heterocycles. The van der Waals surface area contributed by atoms with Crippen molar-refractivity contribution in [1.82, 2.24) is 14.5 Å². The van der Waals surface area contributed by atoms with Crippen LogP contribution < -0.4 is 11.3 Å². The van der Waals surface area contributed by atoms with E-state index < -0.39 is 11.4 Å². The van der Waals surface area contributed by atoms with Gasteiger partial charge in [0.1, 0.15) is 5.41 Å². The van der Waals surface area contributed by atoms with Crippen molar-refractivity contribution in [1.29, 1.82) is 0 Å². The van der Waals surface area contributed by atoms with E-state index in [2.05, 4.69) is 9.97 Å². The maximum Gasteiger partial charge on any atom is 0.316 e. The smallest absolute Gasteiger partial charge is 0.316 e. The van der Waals surface area contributed by atoms with E-state index in [9.17, 15) is 14.7 Å². The molecule has 1 aliphatic rings. The zero-order valence-electron chi connectivity index (χ0n) is 12.0. The van der Waals surface area contributed by atoms with Crippen LogP contribution in [0.3, 0.4) is 0 Å². The number of pyridine rings is 1. The molecule has 116 valence electrons. The summed E-state index contributed by atoms with van der Waals surface area (Å²) in [4.78, 5) is 29.7. The van der Waals surface area contributed by atoms with E-state index >= 15 is 0 Å². The van der Waals surface area contributed by atoms with Crippen LogP contribution in [0.2, 0.25) is 0 Å². The predicted octanol–water partition coefficient (Wildman–Crippen LogP) is 0.642. The second-order valence-electron chi connectivity index (χ2n) is 5.69. The maximum absolute atomic E-state index is 11.7. The molecule has 0 aliphatic heterocycles. The molecule has 0 spiro atoms. The minimum Gasteiger partial charge on any atom is -0.481 e. The summed E-state index contributed by atoms with van der Waals surface area (Å²) < 4.78 is 1.72. The van der Waals surface area contributed by atoms with Gasteiger partial charge in [0.05, 0.1) is 17.7 Å². The highest BCUT2D eigenvalue weighted by molar-refractivity contribution is 5.85. The van der Waals surface area contributed by atoms with Crippen LogP contribution >= 0.6 is 0 Å². The van der Waals surface area contributed by atoms with E-state index in [1.165, 1.54) is 6.07 Å². The Kier molecular flexibility index (Phi) is 3.58. The highest BCUT2D eigenvalue weighted by Gasteiger charge is 2.62. The van der Waals surface area contributed by atoms with E-state index in [1.54, 1.807) is 29.4 Å². The third kappa shape index (κ3) is 2.33. The first-order valence-corrected chi connectivity index (χ1v) is 7.25. The lowest BCUT2D eigenvalue weighted by Gasteiger charge is -2.09. The minimum atomic E-state index is -0.886. The molecule has 1 fully saturated rings. The largest absolute Gasteiger partial charge is 0.481 e. The van der Waals surface area contributed by atoms with Gasteiger partial charge in [-0.15, -0.1) is 0 Å². The molecule has 22 heavy (non-hydrogen) atoms. The Morgan fingerprint density at radius 1 is 1.55 bits per heavy atom. The number of H-pyrrole nitrogens is 1. The van der Waals surface area contributed by atoms with Crippen molar-refractivity contribution in [3.63, 3.8) is 0 Å². The summed E-state index contributed by atoms with van der Waals surface area (Å²) in [6.07, 6.45) is 7.09. The fraction of sp³-hybridized carbons (Fsp3) is 0.400. The topological polar surface area (TPSA) is 114 Å². The Hall–Kier alpha value is -2.41. The molecule has 1 saturated carbocycles. The summed E-state index contributed by atoms with van der Waals surface area (Å²) in [5, 5.41) is 9.62. The van der Waals surface area contributed by atoms with Gasteiger partial charge in [0, 0.05) is 18.5 Å². The van der Waals surface area contributed by atoms with Crippen LogP contribution in [0.5, 0.6) is 0 Å². The van der Waals surface area contributed by atoms with Gasteiger partial charge < -0.3 is 20.4 Å². The number of imidazole rings is 1. The number of nitrogens with zero attached hydrogens (tertiary/aromatic N) is 2. The van der Waals surface area contributed by atoms with E-state index in [0.29, 0.717) is 18.7 Å². The van der Waals surface area contributed by atoms with Gasteiger partial charge in [-0.25, -0.2) is 4.98 Å². The monoisotopic (exact) mass is 302 g/mol. The molecule has 4 N–H and O–H groups in total.